The molecule has 0 spiro atoms. The lowest BCUT2D eigenvalue weighted by Gasteiger charge is -2.20. The fourth-order valence-corrected chi connectivity index (χ4v) is 2.27. The van der Waals surface area contributed by atoms with Crippen molar-refractivity contribution in [3.63, 3.8) is 0 Å². The van der Waals surface area contributed by atoms with Crippen LogP contribution in [0.3, 0.4) is 0 Å². The molecule has 2 amide bonds. The van der Waals surface area contributed by atoms with Crippen molar-refractivity contribution in [2.75, 3.05) is 11.4 Å². The first-order valence-electron chi connectivity index (χ1n) is 6.62. The number of anilines is 1. The zero-order chi connectivity index (χ0) is 12.8. The number of benzene rings is 1. The molecule has 1 aromatic carbocycles. The highest BCUT2D eigenvalue weighted by atomic mass is 16.2. The Morgan fingerprint density at radius 1 is 1.28 bits per heavy atom. The summed E-state index contributed by atoms with van der Waals surface area (Å²) in [7, 11) is 0. The van der Waals surface area contributed by atoms with Gasteiger partial charge in [-0.2, -0.15) is 0 Å². The summed E-state index contributed by atoms with van der Waals surface area (Å²) in [5, 5.41) is 2.90. The van der Waals surface area contributed by atoms with Gasteiger partial charge in [0, 0.05) is 18.4 Å². The zero-order valence-corrected chi connectivity index (χ0v) is 10.9. The summed E-state index contributed by atoms with van der Waals surface area (Å²) in [5.74, 6) is 0. The molecule has 96 valence electrons. The third-order valence-corrected chi connectivity index (χ3v) is 3.27. The van der Waals surface area contributed by atoms with Gasteiger partial charge in [-0.25, -0.2) is 4.79 Å². The Labute approximate surface area is 108 Å². The molecule has 3 nitrogen and oxygen atoms in total. The maximum absolute atomic E-state index is 12.1. The molecule has 1 aliphatic rings. The molecule has 0 heterocycles. The Balaban J connectivity index is 2.00. The van der Waals surface area contributed by atoms with Crippen LogP contribution in [0.2, 0.25) is 0 Å². The first kappa shape index (κ1) is 12.7. The van der Waals surface area contributed by atoms with Crippen LogP contribution >= 0.6 is 0 Å². The summed E-state index contributed by atoms with van der Waals surface area (Å²) in [4.78, 5) is 13.8. The lowest BCUT2D eigenvalue weighted by atomic mass is 10.2. The van der Waals surface area contributed by atoms with Crippen molar-refractivity contribution in [2.24, 2.45) is 0 Å². The van der Waals surface area contributed by atoms with Gasteiger partial charge in [-0.05, 0) is 44.7 Å². The van der Waals surface area contributed by atoms with Gasteiger partial charge in [0.2, 0.25) is 0 Å². The molecular formula is C15H20N2O. The van der Waals surface area contributed by atoms with Gasteiger partial charge >= 0.3 is 6.03 Å². The maximum atomic E-state index is 12.1. The van der Waals surface area contributed by atoms with E-state index < -0.39 is 0 Å². The molecule has 1 aromatic rings. The predicted octanol–water partition coefficient (Wildman–Crippen LogP) is 3.68. The Morgan fingerprint density at radius 3 is 2.56 bits per heavy atom. The molecule has 0 atom stereocenters. The van der Waals surface area contributed by atoms with Crippen LogP contribution in [0.15, 0.2) is 42.1 Å². The van der Waals surface area contributed by atoms with Gasteiger partial charge in [-0.15, -0.1) is 0 Å². The maximum Gasteiger partial charge on any atom is 0.325 e. The van der Waals surface area contributed by atoms with Crippen molar-refractivity contribution < 1.29 is 4.79 Å². The molecular weight excluding hydrogens is 224 g/mol. The van der Waals surface area contributed by atoms with Crippen LogP contribution in [-0.4, -0.2) is 12.6 Å². The van der Waals surface area contributed by atoms with Crippen LogP contribution in [0.25, 0.3) is 0 Å². The first-order valence-corrected chi connectivity index (χ1v) is 6.62. The number of urea groups is 1. The molecule has 0 bridgehead atoms. The van der Waals surface area contributed by atoms with Crippen molar-refractivity contribution in [1.82, 2.24) is 5.32 Å². The summed E-state index contributed by atoms with van der Waals surface area (Å²) < 4.78 is 0. The molecule has 1 saturated carbocycles. The second-order valence-electron chi connectivity index (χ2n) is 4.54. The van der Waals surface area contributed by atoms with Crippen molar-refractivity contribution >= 4 is 11.7 Å². The van der Waals surface area contributed by atoms with E-state index in [0.717, 1.165) is 18.5 Å². The molecule has 0 unspecified atom stereocenters. The van der Waals surface area contributed by atoms with Crippen LogP contribution in [0.4, 0.5) is 10.5 Å². The van der Waals surface area contributed by atoms with Crippen molar-refractivity contribution in [3.05, 3.63) is 42.1 Å². The molecule has 3 heteroatoms. The van der Waals surface area contributed by atoms with E-state index in [4.69, 9.17) is 0 Å². The summed E-state index contributed by atoms with van der Waals surface area (Å²) in [6, 6.07) is 9.69. The standard InChI is InChI=1S/C15H20N2O/c1-2-17(14-10-4-3-5-11-14)15(18)16-12-13-8-6-7-9-13/h3-5,10-12H,2,6-9H2,1H3,(H,16,18). The van der Waals surface area contributed by atoms with E-state index in [-0.39, 0.29) is 6.03 Å². The zero-order valence-electron chi connectivity index (χ0n) is 10.9. The van der Waals surface area contributed by atoms with Gasteiger partial charge in [-0.3, -0.25) is 4.90 Å². The Bertz CT molecular complexity index is 417. The molecule has 1 aliphatic carbocycles. The third-order valence-electron chi connectivity index (χ3n) is 3.27. The predicted molar refractivity (Wildman–Crippen MR) is 74.5 cm³/mol. The highest BCUT2D eigenvalue weighted by Crippen LogP contribution is 2.22. The van der Waals surface area contributed by atoms with Crippen molar-refractivity contribution in [1.29, 1.82) is 0 Å². The largest absolute Gasteiger partial charge is 0.325 e. The number of amides is 2. The topological polar surface area (TPSA) is 32.3 Å². The highest BCUT2D eigenvalue weighted by molar-refractivity contribution is 5.92. The molecule has 0 aromatic heterocycles. The summed E-state index contributed by atoms with van der Waals surface area (Å²) in [6.45, 7) is 2.65. The Morgan fingerprint density at radius 2 is 1.94 bits per heavy atom. The summed E-state index contributed by atoms with van der Waals surface area (Å²) in [5.41, 5.74) is 2.29. The number of para-hydroxylation sites is 1. The molecule has 1 N–H and O–H groups in total. The van der Waals surface area contributed by atoms with Gasteiger partial charge in [0.15, 0.2) is 0 Å². The molecule has 0 saturated heterocycles. The van der Waals surface area contributed by atoms with Crippen LogP contribution in [0.1, 0.15) is 32.6 Å². The van der Waals surface area contributed by atoms with Crippen LogP contribution < -0.4 is 10.2 Å². The molecule has 0 aliphatic heterocycles. The second kappa shape index (κ2) is 6.24. The lowest BCUT2D eigenvalue weighted by molar-refractivity contribution is 0.249. The van der Waals surface area contributed by atoms with Crippen LogP contribution in [0.5, 0.6) is 0 Å². The van der Waals surface area contributed by atoms with E-state index >= 15 is 0 Å². The van der Waals surface area contributed by atoms with E-state index in [1.165, 1.54) is 18.4 Å². The SMILES string of the molecule is CCN(C(=O)NC=C1CCCC1)c1ccccc1. The number of carbonyl (C=O) groups excluding carboxylic acids is 1. The number of hydrogen-bond acceptors (Lipinski definition) is 1. The van der Waals surface area contributed by atoms with Gasteiger partial charge in [0.1, 0.15) is 0 Å². The smallest absolute Gasteiger partial charge is 0.314 e. The van der Waals surface area contributed by atoms with E-state index in [0.29, 0.717) is 6.54 Å². The van der Waals surface area contributed by atoms with Crippen LogP contribution in [0, 0.1) is 0 Å². The van der Waals surface area contributed by atoms with Crippen molar-refractivity contribution in [3.8, 4) is 0 Å². The van der Waals surface area contributed by atoms with Gasteiger partial charge in [-0.1, -0.05) is 23.8 Å². The Hall–Kier alpha value is -1.77. The number of allylic oxidation sites excluding steroid dienone is 1. The van der Waals surface area contributed by atoms with Crippen LogP contribution in [-0.2, 0) is 0 Å². The minimum absolute atomic E-state index is 0.0527. The summed E-state index contributed by atoms with van der Waals surface area (Å²) in [6.07, 6.45) is 6.63. The number of nitrogens with zero attached hydrogens (tertiary/aromatic N) is 1. The molecule has 2 rings (SSSR count). The minimum atomic E-state index is -0.0527. The van der Waals surface area contributed by atoms with Gasteiger partial charge in [0.05, 0.1) is 0 Å². The number of carbonyl (C=O) groups is 1. The van der Waals surface area contributed by atoms with Gasteiger partial charge in [0.25, 0.3) is 0 Å². The quantitative estimate of drug-likeness (QED) is 0.864. The lowest BCUT2D eigenvalue weighted by Crippen LogP contribution is -2.37. The van der Waals surface area contributed by atoms with E-state index in [1.807, 2.05) is 43.5 Å². The molecule has 18 heavy (non-hydrogen) atoms. The molecule has 0 radical (unpaired) electrons. The van der Waals surface area contributed by atoms with E-state index in [2.05, 4.69) is 5.32 Å². The highest BCUT2D eigenvalue weighted by Gasteiger charge is 2.13. The normalized spacial score (nSPS) is 14.4. The number of hydrogen-bond donors (Lipinski definition) is 1. The van der Waals surface area contributed by atoms with E-state index in [1.54, 1.807) is 4.90 Å². The first-order chi connectivity index (χ1) is 8.81. The molecule has 1 fully saturated rings. The minimum Gasteiger partial charge on any atom is -0.314 e. The summed E-state index contributed by atoms with van der Waals surface area (Å²) >= 11 is 0. The number of nitrogens with one attached hydrogen (secondary N) is 1. The second-order valence-corrected chi connectivity index (χ2v) is 4.54. The third kappa shape index (κ3) is 3.13. The fraction of sp³-hybridized carbons (Fsp3) is 0.400. The average molecular weight is 244 g/mol. The average Bonchev–Trinajstić information content (AvgIpc) is 2.92. The monoisotopic (exact) mass is 244 g/mol. The van der Waals surface area contributed by atoms with E-state index in [9.17, 15) is 4.79 Å². The van der Waals surface area contributed by atoms with Crippen molar-refractivity contribution in [2.45, 2.75) is 32.6 Å². The Kier molecular flexibility index (Phi) is 4.40. The number of rotatable bonds is 3. The van der Waals surface area contributed by atoms with Gasteiger partial charge < -0.3 is 5.32 Å². The fourth-order valence-electron chi connectivity index (χ4n) is 2.27.